The highest BCUT2D eigenvalue weighted by molar-refractivity contribution is 5.67. The Bertz CT molecular complexity index is 260. The van der Waals surface area contributed by atoms with Gasteiger partial charge in [0.05, 0.1) is 6.42 Å². The Kier molecular flexibility index (Phi) is 3.13. The first kappa shape index (κ1) is 9.85. The van der Waals surface area contributed by atoms with Crippen molar-refractivity contribution in [1.82, 2.24) is 0 Å². The van der Waals surface area contributed by atoms with Crippen LogP contribution in [0.4, 0.5) is 0 Å². The Morgan fingerprint density at radius 2 is 2.23 bits per heavy atom. The highest BCUT2D eigenvalue weighted by Crippen LogP contribution is 2.38. The second kappa shape index (κ2) is 4.13. The second-order valence-corrected chi connectivity index (χ2v) is 3.55. The van der Waals surface area contributed by atoms with E-state index in [-0.39, 0.29) is 12.3 Å². The topological polar surface area (TPSA) is 37.3 Å². The SMILES string of the molecule is C#CCC1CCC(CC(=O)O)C1=C. The number of hydrogen-bond acceptors (Lipinski definition) is 1. The van der Waals surface area contributed by atoms with E-state index in [1.54, 1.807) is 0 Å². The van der Waals surface area contributed by atoms with Crippen LogP contribution in [0.3, 0.4) is 0 Å². The maximum absolute atomic E-state index is 10.5. The average Bonchev–Trinajstić information content (AvgIpc) is 2.36. The molecule has 1 N–H and O–H groups in total. The van der Waals surface area contributed by atoms with Crippen LogP contribution in [0.5, 0.6) is 0 Å². The number of allylic oxidation sites excluding steroid dienone is 1. The Morgan fingerprint density at radius 3 is 2.77 bits per heavy atom. The van der Waals surface area contributed by atoms with Crippen LogP contribution in [0.25, 0.3) is 0 Å². The maximum atomic E-state index is 10.5. The van der Waals surface area contributed by atoms with Gasteiger partial charge in [-0.25, -0.2) is 0 Å². The molecule has 2 nitrogen and oxygen atoms in total. The summed E-state index contributed by atoms with van der Waals surface area (Å²) < 4.78 is 0. The zero-order valence-corrected chi connectivity index (χ0v) is 7.62. The van der Waals surface area contributed by atoms with Crippen molar-refractivity contribution in [3.8, 4) is 12.3 Å². The highest BCUT2D eigenvalue weighted by atomic mass is 16.4. The van der Waals surface area contributed by atoms with E-state index in [0.29, 0.717) is 12.3 Å². The molecule has 1 saturated carbocycles. The second-order valence-electron chi connectivity index (χ2n) is 3.55. The summed E-state index contributed by atoms with van der Waals surface area (Å²) in [6.45, 7) is 3.93. The van der Waals surface area contributed by atoms with Gasteiger partial charge in [0.15, 0.2) is 0 Å². The molecule has 0 aromatic carbocycles. The highest BCUT2D eigenvalue weighted by Gasteiger charge is 2.29. The molecule has 2 unspecified atom stereocenters. The maximum Gasteiger partial charge on any atom is 0.303 e. The van der Waals surface area contributed by atoms with E-state index in [4.69, 9.17) is 11.5 Å². The van der Waals surface area contributed by atoms with Gasteiger partial charge in [0.25, 0.3) is 0 Å². The Balaban J connectivity index is 2.51. The third-order valence-corrected chi connectivity index (χ3v) is 2.70. The number of terminal acetylenes is 1. The molecule has 70 valence electrons. The van der Waals surface area contributed by atoms with Gasteiger partial charge in [-0.15, -0.1) is 12.3 Å². The van der Waals surface area contributed by atoms with E-state index in [9.17, 15) is 4.79 Å². The third kappa shape index (κ3) is 2.35. The average molecular weight is 178 g/mol. The van der Waals surface area contributed by atoms with E-state index >= 15 is 0 Å². The molecule has 0 aromatic rings. The fraction of sp³-hybridized carbons (Fsp3) is 0.545. The molecule has 0 saturated heterocycles. The standard InChI is InChI=1S/C11H14O2/c1-3-4-9-5-6-10(8(9)2)7-11(12)13/h1,9-10H,2,4-7H2,(H,12,13). The number of carbonyl (C=O) groups is 1. The van der Waals surface area contributed by atoms with Crippen molar-refractivity contribution in [2.45, 2.75) is 25.7 Å². The summed E-state index contributed by atoms with van der Waals surface area (Å²) in [6.07, 6.45) is 8.05. The van der Waals surface area contributed by atoms with Gasteiger partial charge in [-0.1, -0.05) is 12.2 Å². The molecule has 0 spiro atoms. The molecule has 0 radical (unpaired) electrons. The summed E-state index contributed by atoms with van der Waals surface area (Å²) in [5, 5.41) is 8.63. The molecule has 0 heterocycles. The molecule has 0 aromatic heterocycles. The third-order valence-electron chi connectivity index (χ3n) is 2.70. The predicted octanol–water partition coefficient (Wildman–Crippen LogP) is 2.07. The minimum absolute atomic E-state index is 0.149. The van der Waals surface area contributed by atoms with Crippen LogP contribution < -0.4 is 0 Å². The zero-order valence-electron chi connectivity index (χ0n) is 7.62. The van der Waals surface area contributed by atoms with Crippen molar-refractivity contribution < 1.29 is 9.90 Å². The van der Waals surface area contributed by atoms with Gasteiger partial charge in [0.1, 0.15) is 0 Å². The fourth-order valence-corrected chi connectivity index (χ4v) is 1.93. The van der Waals surface area contributed by atoms with Gasteiger partial charge in [0.2, 0.25) is 0 Å². The lowest BCUT2D eigenvalue weighted by atomic mass is 9.94. The zero-order chi connectivity index (χ0) is 9.84. The summed E-state index contributed by atoms with van der Waals surface area (Å²) in [5.74, 6) is 2.37. The van der Waals surface area contributed by atoms with Crippen molar-refractivity contribution in [3.05, 3.63) is 12.2 Å². The molecule has 1 fully saturated rings. The van der Waals surface area contributed by atoms with Crippen molar-refractivity contribution in [3.63, 3.8) is 0 Å². The van der Waals surface area contributed by atoms with Crippen molar-refractivity contribution in [2.75, 3.05) is 0 Å². The smallest absolute Gasteiger partial charge is 0.303 e. The van der Waals surface area contributed by atoms with E-state index in [2.05, 4.69) is 12.5 Å². The van der Waals surface area contributed by atoms with E-state index in [1.165, 1.54) is 0 Å². The van der Waals surface area contributed by atoms with Gasteiger partial charge in [0, 0.05) is 6.42 Å². The lowest BCUT2D eigenvalue weighted by Gasteiger charge is -2.10. The van der Waals surface area contributed by atoms with Crippen LogP contribution in [0.2, 0.25) is 0 Å². The molecule has 1 aliphatic carbocycles. The lowest BCUT2D eigenvalue weighted by molar-refractivity contribution is -0.137. The van der Waals surface area contributed by atoms with Gasteiger partial charge in [-0.05, 0) is 24.7 Å². The molecular weight excluding hydrogens is 164 g/mol. The molecule has 0 amide bonds. The van der Waals surface area contributed by atoms with Crippen molar-refractivity contribution in [2.24, 2.45) is 11.8 Å². The molecule has 1 rings (SSSR count). The summed E-state index contributed by atoms with van der Waals surface area (Å²) in [7, 11) is 0. The van der Waals surface area contributed by atoms with Crippen LogP contribution in [-0.4, -0.2) is 11.1 Å². The predicted molar refractivity (Wildman–Crippen MR) is 51.1 cm³/mol. The normalized spacial score (nSPS) is 27.2. The van der Waals surface area contributed by atoms with E-state index in [1.807, 2.05) is 0 Å². The van der Waals surface area contributed by atoms with Gasteiger partial charge in [-0.2, -0.15) is 0 Å². The van der Waals surface area contributed by atoms with Crippen molar-refractivity contribution in [1.29, 1.82) is 0 Å². The fourth-order valence-electron chi connectivity index (χ4n) is 1.93. The summed E-state index contributed by atoms with van der Waals surface area (Å²) >= 11 is 0. The van der Waals surface area contributed by atoms with Gasteiger partial charge < -0.3 is 5.11 Å². The van der Waals surface area contributed by atoms with Crippen molar-refractivity contribution >= 4 is 5.97 Å². The van der Waals surface area contributed by atoms with E-state index < -0.39 is 5.97 Å². The molecule has 2 atom stereocenters. The first-order valence-electron chi connectivity index (χ1n) is 4.49. The largest absolute Gasteiger partial charge is 0.481 e. The van der Waals surface area contributed by atoms with Crippen LogP contribution >= 0.6 is 0 Å². The summed E-state index contributed by atoms with van der Waals surface area (Å²) in [6, 6.07) is 0. The number of carboxylic acid groups (broad SMARTS) is 1. The Hall–Kier alpha value is -1.23. The van der Waals surface area contributed by atoms with Crippen LogP contribution in [0, 0.1) is 24.2 Å². The first-order chi connectivity index (χ1) is 6.15. The Morgan fingerprint density at radius 1 is 1.62 bits per heavy atom. The molecular formula is C11H14O2. The van der Waals surface area contributed by atoms with Gasteiger partial charge >= 0.3 is 5.97 Å². The number of rotatable bonds is 3. The molecule has 0 bridgehead atoms. The lowest BCUT2D eigenvalue weighted by Crippen LogP contribution is -2.07. The van der Waals surface area contributed by atoms with Crippen LogP contribution in [-0.2, 0) is 4.79 Å². The summed E-state index contributed by atoms with van der Waals surface area (Å²) in [4.78, 5) is 10.5. The summed E-state index contributed by atoms with van der Waals surface area (Å²) in [5.41, 5.74) is 1.04. The molecule has 0 aliphatic heterocycles. The monoisotopic (exact) mass is 178 g/mol. The number of hydrogen-bond donors (Lipinski definition) is 1. The molecule has 1 aliphatic rings. The quantitative estimate of drug-likeness (QED) is 0.530. The molecule has 13 heavy (non-hydrogen) atoms. The minimum atomic E-state index is -0.743. The first-order valence-corrected chi connectivity index (χ1v) is 4.49. The van der Waals surface area contributed by atoms with E-state index in [0.717, 1.165) is 18.4 Å². The molecule has 2 heteroatoms. The number of carboxylic acids is 1. The van der Waals surface area contributed by atoms with Crippen LogP contribution in [0.15, 0.2) is 12.2 Å². The number of aliphatic carboxylic acids is 1. The van der Waals surface area contributed by atoms with Crippen LogP contribution in [0.1, 0.15) is 25.7 Å². The Labute approximate surface area is 78.6 Å². The van der Waals surface area contributed by atoms with Gasteiger partial charge in [-0.3, -0.25) is 4.79 Å². The minimum Gasteiger partial charge on any atom is -0.481 e.